The lowest BCUT2D eigenvalue weighted by atomic mass is 9.75. The normalized spacial score (nSPS) is 11.8. The highest BCUT2D eigenvalue weighted by Crippen LogP contribution is 2.54. The molecule has 0 N–H and O–H groups in total. The molecule has 1 aliphatic carbocycles. The van der Waals surface area contributed by atoms with Gasteiger partial charge in [-0.15, -0.1) is 0 Å². The molecule has 5 aromatic rings. The molecule has 5 aromatic carbocycles. The Kier molecular flexibility index (Phi) is 5.96. The van der Waals surface area contributed by atoms with Crippen molar-refractivity contribution in [3.05, 3.63) is 103 Å². The molecular weight excluding hydrogens is 439 g/mol. The Morgan fingerprint density at radius 2 is 1.17 bits per heavy atom. The summed E-state index contributed by atoms with van der Waals surface area (Å²) in [7, 11) is 1.33. The van der Waals surface area contributed by atoms with Crippen LogP contribution >= 0.6 is 0 Å². The van der Waals surface area contributed by atoms with Crippen LogP contribution in [-0.4, -0.2) is 20.8 Å². The molecule has 1 aliphatic rings. The molecule has 0 amide bonds. The molecule has 0 atom stereocenters. The van der Waals surface area contributed by atoms with Crippen molar-refractivity contribution in [1.29, 1.82) is 0 Å². The highest BCUT2D eigenvalue weighted by Gasteiger charge is 2.31. The zero-order valence-electron chi connectivity index (χ0n) is 21.0. The SMILES string of the molecule is COB(OCC(C)C)c1ccc2c3c(cccc13)-c1c(-c3ccccc3)ccc(-c3ccccc3)c1-2. The van der Waals surface area contributed by atoms with Gasteiger partial charge in [0.15, 0.2) is 0 Å². The third-order valence-corrected chi connectivity index (χ3v) is 7.04. The Morgan fingerprint density at radius 3 is 1.72 bits per heavy atom. The van der Waals surface area contributed by atoms with Gasteiger partial charge in [-0.3, -0.25) is 0 Å². The number of hydrogen-bond donors (Lipinski definition) is 0. The maximum Gasteiger partial charge on any atom is 0.494 e. The fourth-order valence-corrected chi connectivity index (χ4v) is 5.49. The molecule has 0 aromatic heterocycles. The summed E-state index contributed by atoms with van der Waals surface area (Å²) in [6.07, 6.45) is 0. The quantitative estimate of drug-likeness (QED) is 0.222. The maximum absolute atomic E-state index is 6.19. The predicted molar refractivity (Wildman–Crippen MR) is 152 cm³/mol. The number of rotatable bonds is 7. The Balaban J connectivity index is 1.63. The van der Waals surface area contributed by atoms with Crippen molar-refractivity contribution in [3.8, 4) is 44.5 Å². The minimum Gasteiger partial charge on any atom is -0.410 e. The lowest BCUT2D eigenvalue weighted by Crippen LogP contribution is -2.37. The fourth-order valence-electron chi connectivity index (χ4n) is 5.49. The molecule has 36 heavy (non-hydrogen) atoms. The average molecular weight is 468 g/mol. The van der Waals surface area contributed by atoms with Crippen molar-refractivity contribution < 1.29 is 9.31 Å². The molecule has 0 radical (unpaired) electrons. The number of benzene rings is 5. The minimum absolute atomic E-state index is 0.400. The first-order valence-electron chi connectivity index (χ1n) is 12.7. The number of fused-ring (bicyclic) bond motifs is 3. The van der Waals surface area contributed by atoms with Gasteiger partial charge >= 0.3 is 7.12 Å². The van der Waals surface area contributed by atoms with E-state index in [9.17, 15) is 0 Å². The van der Waals surface area contributed by atoms with E-state index in [-0.39, 0.29) is 0 Å². The molecule has 0 heterocycles. The Labute approximate surface area is 213 Å². The largest absolute Gasteiger partial charge is 0.494 e. The lowest BCUT2D eigenvalue weighted by Gasteiger charge is -2.17. The first-order valence-corrected chi connectivity index (χ1v) is 12.7. The summed E-state index contributed by atoms with van der Waals surface area (Å²) in [5.74, 6) is 0.436. The van der Waals surface area contributed by atoms with Gasteiger partial charge in [0, 0.05) is 13.7 Å². The van der Waals surface area contributed by atoms with E-state index in [0.717, 1.165) is 5.46 Å². The van der Waals surface area contributed by atoms with Gasteiger partial charge in [-0.25, -0.2) is 0 Å². The van der Waals surface area contributed by atoms with Crippen molar-refractivity contribution >= 4 is 23.4 Å². The number of hydrogen-bond acceptors (Lipinski definition) is 2. The highest BCUT2D eigenvalue weighted by atomic mass is 16.6. The van der Waals surface area contributed by atoms with Gasteiger partial charge in [0.05, 0.1) is 0 Å². The van der Waals surface area contributed by atoms with E-state index in [1.54, 1.807) is 7.11 Å². The van der Waals surface area contributed by atoms with Crippen LogP contribution in [0.5, 0.6) is 0 Å². The van der Waals surface area contributed by atoms with Crippen LogP contribution in [0.4, 0.5) is 0 Å². The standard InChI is InChI=1S/C33H29BO2/c1-22(2)21-36-34(35-3)30-20-19-29-31-27(30)15-10-16-28(31)32-25(23-11-6-4-7-12-23)17-18-26(33(29)32)24-13-8-5-9-14-24/h4-20,22H,21H2,1-3H3. The van der Waals surface area contributed by atoms with E-state index in [1.165, 1.54) is 55.3 Å². The van der Waals surface area contributed by atoms with E-state index in [1.807, 2.05) is 0 Å². The molecule has 0 fully saturated rings. The smallest absolute Gasteiger partial charge is 0.410 e. The molecule has 2 nitrogen and oxygen atoms in total. The van der Waals surface area contributed by atoms with Gasteiger partial charge in [-0.05, 0) is 66.7 Å². The summed E-state index contributed by atoms with van der Waals surface area (Å²) in [6, 6.07) is 37.1. The summed E-state index contributed by atoms with van der Waals surface area (Å²) in [5, 5.41) is 2.47. The van der Waals surface area contributed by atoms with E-state index in [2.05, 4.69) is 117 Å². The first-order chi connectivity index (χ1) is 17.7. The fraction of sp³-hybridized carbons (Fsp3) is 0.152. The molecule has 0 spiro atoms. The molecule has 3 heteroatoms. The highest BCUT2D eigenvalue weighted by molar-refractivity contribution is 6.64. The Morgan fingerprint density at radius 1 is 0.611 bits per heavy atom. The third-order valence-electron chi connectivity index (χ3n) is 7.04. The van der Waals surface area contributed by atoms with Crippen LogP contribution in [0, 0.1) is 5.92 Å². The van der Waals surface area contributed by atoms with Crippen LogP contribution in [0.25, 0.3) is 55.3 Å². The van der Waals surface area contributed by atoms with E-state index >= 15 is 0 Å². The van der Waals surface area contributed by atoms with Crippen molar-refractivity contribution in [2.24, 2.45) is 5.92 Å². The van der Waals surface area contributed by atoms with Gasteiger partial charge in [0.2, 0.25) is 0 Å². The molecule has 0 saturated carbocycles. The zero-order valence-corrected chi connectivity index (χ0v) is 21.0. The first kappa shape index (κ1) is 22.8. The third kappa shape index (κ3) is 3.76. The van der Waals surface area contributed by atoms with Crippen molar-refractivity contribution in [3.63, 3.8) is 0 Å². The molecular formula is C33H29BO2. The second-order valence-corrected chi connectivity index (χ2v) is 9.87. The summed E-state index contributed by atoms with van der Waals surface area (Å²) < 4.78 is 12.0. The van der Waals surface area contributed by atoms with Crippen molar-refractivity contribution in [2.45, 2.75) is 13.8 Å². The van der Waals surface area contributed by atoms with Crippen LogP contribution in [-0.2, 0) is 9.31 Å². The summed E-state index contributed by atoms with van der Waals surface area (Å²) >= 11 is 0. The molecule has 0 aliphatic heterocycles. The minimum atomic E-state index is -0.400. The predicted octanol–water partition coefficient (Wildman–Crippen LogP) is 7.84. The van der Waals surface area contributed by atoms with Crippen LogP contribution < -0.4 is 5.46 Å². The van der Waals surface area contributed by atoms with E-state index in [0.29, 0.717) is 12.5 Å². The van der Waals surface area contributed by atoms with Crippen LogP contribution in [0.15, 0.2) is 103 Å². The second-order valence-electron chi connectivity index (χ2n) is 9.87. The molecule has 0 saturated heterocycles. The lowest BCUT2D eigenvalue weighted by molar-refractivity contribution is 0.213. The van der Waals surface area contributed by atoms with Gasteiger partial charge in [0.25, 0.3) is 0 Å². The van der Waals surface area contributed by atoms with Crippen LogP contribution in [0.1, 0.15) is 13.8 Å². The Bertz CT molecular complexity index is 1470. The van der Waals surface area contributed by atoms with E-state index in [4.69, 9.17) is 9.31 Å². The van der Waals surface area contributed by atoms with E-state index < -0.39 is 7.12 Å². The second kappa shape index (κ2) is 9.42. The van der Waals surface area contributed by atoms with Gasteiger partial charge in [0.1, 0.15) is 0 Å². The van der Waals surface area contributed by atoms with Crippen LogP contribution in [0.3, 0.4) is 0 Å². The Hall–Kier alpha value is -3.66. The monoisotopic (exact) mass is 468 g/mol. The van der Waals surface area contributed by atoms with Gasteiger partial charge in [-0.1, -0.05) is 117 Å². The van der Waals surface area contributed by atoms with Crippen molar-refractivity contribution in [2.75, 3.05) is 13.7 Å². The average Bonchev–Trinajstić information content (AvgIpc) is 3.26. The van der Waals surface area contributed by atoms with Gasteiger partial charge < -0.3 is 9.31 Å². The summed E-state index contributed by atoms with van der Waals surface area (Å²) in [4.78, 5) is 0. The topological polar surface area (TPSA) is 18.5 Å². The molecule has 0 unspecified atom stereocenters. The summed E-state index contributed by atoms with van der Waals surface area (Å²) in [6.45, 7) is 4.97. The molecule has 176 valence electrons. The molecule has 0 bridgehead atoms. The van der Waals surface area contributed by atoms with Crippen molar-refractivity contribution in [1.82, 2.24) is 0 Å². The maximum atomic E-state index is 6.19. The summed E-state index contributed by atoms with van der Waals surface area (Å²) in [5.41, 5.74) is 11.2. The molecule has 6 rings (SSSR count). The van der Waals surface area contributed by atoms with Crippen LogP contribution in [0.2, 0.25) is 0 Å². The van der Waals surface area contributed by atoms with Gasteiger partial charge in [-0.2, -0.15) is 0 Å². The zero-order chi connectivity index (χ0) is 24.6.